The summed E-state index contributed by atoms with van der Waals surface area (Å²) < 4.78 is 0. The molecule has 1 heterocycles. The van der Waals surface area contributed by atoms with Gasteiger partial charge in [-0.15, -0.1) is 0 Å². The molecule has 31 heavy (non-hydrogen) atoms. The Balaban J connectivity index is 1.08. The van der Waals surface area contributed by atoms with Crippen molar-refractivity contribution in [3.63, 3.8) is 0 Å². The summed E-state index contributed by atoms with van der Waals surface area (Å²) in [5.74, 6) is 4.72. The molecule has 1 aliphatic heterocycles. The normalized spacial score (nSPS) is 47.7. The standard InChI is InChI=1S/C29H51NO/c1-28-16-14-22(9-5-3-4-6-18-30-19-7-8-20-30)21-23(28)10-11-24-25-12-13-27(31)29(25,2)17-15-26(24)28/h22-27,31H,3-21H2,1-2H3/t22-,23?,24?,25?,26?,27-,28-,29-/m0/s1. The molecule has 0 amide bonds. The van der Waals surface area contributed by atoms with Crippen molar-refractivity contribution in [3.05, 3.63) is 0 Å². The minimum Gasteiger partial charge on any atom is -0.393 e. The molecular formula is C29H51NO. The van der Waals surface area contributed by atoms with Crippen LogP contribution in [0.5, 0.6) is 0 Å². The van der Waals surface area contributed by atoms with Gasteiger partial charge in [-0.05, 0) is 137 Å². The van der Waals surface area contributed by atoms with Crippen LogP contribution in [-0.4, -0.2) is 35.7 Å². The van der Waals surface area contributed by atoms with Crippen LogP contribution in [0.1, 0.15) is 117 Å². The van der Waals surface area contributed by atoms with Crippen molar-refractivity contribution >= 4 is 0 Å². The number of fused-ring (bicyclic) bond motifs is 5. The van der Waals surface area contributed by atoms with Crippen molar-refractivity contribution in [3.8, 4) is 0 Å². The fraction of sp³-hybridized carbons (Fsp3) is 1.00. The van der Waals surface area contributed by atoms with E-state index in [9.17, 15) is 5.11 Å². The Morgan fingerprint density at radius 3 is 2.35 bits per heavy atom. The average molecular weight is 430 g/mol. The second-order valence-electron chi connectivity index (χ2n) is 13.2. The predicted molar refractivity (Wildman–Crippen MR) is 130 cm³/mol. The smallest absolute Gasteiger partial charge is 0.0596 e. The van der Waals surface area contributed by atoms with E-state index in [1.807, 2.05) is 0 Å². The number of rotatable bonds is 7. The maximum atomic E-state index is 10.7. The van der Waals surface area contributed by atoms with Crippen LogP contribution in [0, 0.1) is 40.4 Å². The van der Waals surface area contributed by atoms with E-state index in [4.69, 9.17) is 0 Å². The molecule has 1 N–H and O–H groups in total. The highest BCUT2D eigenvalue weighted by Crippen LogP contribution is 2.66. The summed E-state index contributed by atoms with van der Waals surface area (Å²) in [5, 5.41) is 10.7. The van der Waals surface area contributed by atoms with E-state index in [0.717, 1.165) is 36.0 Å². The van der Waals surface area contributed by atoms with Gasteiger partial charge in [0.1, 0.15) is 0 Å². The largest absolute Gasteiger partial charge is 0.393 e. The van der Waals surface area contributed by atoms with Gasteiger partial charge in [-0.3, -0.25) is 0 Å². The average Bonchev–Trinajstić information content (AvgIpc) is 3.38. The molecule has 178 valence electrons. The summed E-state index contributed by atoms with van der Waals surface area (Å²) in [5.41, 5.74) is 0.861. The summed E-state index contributed by atoms with van der Waals surface area (Å²) in [6.07, 6.45) is 22.8. The first kappa shape index (κ1) is 22.7. The topological polar surface area (TPSA) is 23.5 Å². The Hall–Kier alpha value is -0.0800. The second-order valence-corrected chi connectivity index (χ2v) is 13.2. The zero-order valence-electron chi connectivity index (χ0n) is 20.8. The minimum absolute atomic E-state index is 0.0185. The molecule has 4 aliphatic carbocycles. The Labute approximate surface area is 192 Å². The Bertz CT molecular complexity index is 600. The number of unbranched alkanes of at least 4 members (excludes halogenated alkanes) is 3. The van der Waals surface area contributed by atoms with E-state index in [0.29, 0.717) is 5.41 Å². The molecule has 0 bridgehead atoms. The van der Waals surface area contributed by atoms with Gasteiger partial charge in [0.15, 0.2) is 0 Å². The van der Waals surface area contributed by atoms with E-state index in [1.54, 1.807) is 0 Å². The molecule has 0 radical (unpaired) electrons. The number of likely N-dealkylation sites (tertiary alicyclic amines) is 1. The van der Waals surface area contributed by atoms with E-state index in [-0.39, 0.29) is 11.5 Å². The maximum Gasteiger partial charge on any atom is 0.0596 e. The summed E-state index contributed by atoms with van der Waals surface area (Å²) in [6, 6.07) is 0. The van der Waals surface area contributed by atoms with Crippen molar-refractivity contribution in [2.45, 2.75) is 123 Å². The van der Waals surface area contributed by atoms with Gasteiger partial charge in [0.05, 0.1) is 6.10 Å². The molecule has 4 saturated carbocycles. The van der Waals surface area contributed by atoms with E-state index < -0.39 is 0 Å². The van der Waals surface area contributed by atoms with E-state index in [1.165, 1.54) is 116 Å². The van der Waals surface area contributed by atoms with Gasteiger partial charge in [-0.1, -0.05) is 39.5 Å². The third kappa shape index (κ3) is 4.27. The molecule has 2 nitrogen and oxygen atoms in total. The number of hydrogen-bond donors (Lipinski definition) is 1. The first-order valence-corrected chi connectivity index (χ1v) is 14.4. The summed E-state index contributed by atoms with van der Waals surface area (Å²) >= 11 is 0. The second kappa shape index (κ2) is 9.28. The molecule has 8 atom stereocenters. The lowest BCUT2D eigenvalue weighted by atomic mass is 9.44. The minimum atomic E-state index is -0.0185. The molecule has 5 aliphatic rings. The zero-order valence-corrected chi connectivity index (χ0v) is 20.8. The highest BCUT2D eigenvalue weighted by molar-refractivity contribution is 5.09. The van der Waals surface area contributed by atoms with Crippen LogP contribution in [0.3, 0.4) is 0 Å². The van der Waals surface area contributed by atoms with Crippen molar-refractivity contribution in [1.29, 1.82) is 0 Å². The molecule has 0 aromatic carbocycles. The number of aliphatic hydroxyl groups excluding tert-OH is 1. The maximum absolute atomic E-state index is 10.7. The van der Waals surface area contributed by atoms with Gasteiger partial charge < -0.3 is 10.0 Å². The summed E-state index contributed by atoms with van der Waals surface area (Å²) in [6.45, 7) is 9.23. The number of hydrogen-bond acceptors (Lipinski definition) is 2. The van der Waals surface area contributed by atoms with Crippen molar-refractivity contribution < 1.29 is 5.11 Å². The third-order valence-corrected chi connectivity index (χ3v) is 11.8. The highest BCUT2D eigenvalue weighted by Gasteiger charge is 2.59. The summed E-state index contributed by atoms with van der Waals surface area (Å²) in [4.78, 5) is 2.68. The molecule has 0 spiro atoms. The monoisotopic (exact) mass is 429 g/mol. The van der Waals surface area contributed by atoms with Crippen molar-refractivity contribution in [2.75, 3.05) is 19.6 Å². The number of nitrogens with zero attached hydrogens (tertiary/aromatic N) is 1. The lowest BCUT2D eigenvalue weighted by Gasteiger charge is -2.61. The molecule has 0 aromatic heterocycles. The van der Waals surface area contributed by atoms with Crippen LogP contribution in [0.15, 0.2) is 0 Å². The first-order valence-electron chi connectivity index (χ1n) is 14.4. The lowest BCUT2D eigenvalue weighted by Crippen LogP contribution is -2.54. The van der Waals surface area contributed by atoms with Crippen LogP contribution in [0.2, 0.25) is 0 Å². The molecule has 4 unspecified atom stereocenters. The molecule has 5 rings (SSSR count). The summed E-state index contributed by atoms with van der Waals surface area (Å²) in [7, 11) is 0. The fourth-order valence-corrected chi connectivity index (χ4v) is 9.71. The SMILES string of the molecule is C[C@]12CC[C@H](CCCCCCN3CCCC3)CC1CCC1C2CC[C@@]2(C)C1CC[C@@H]2O. The molecular weight excluding hydrogens is 378 g/mol. The molecule has 1 saturated heterocycles. The van der Waals surface area contributed by atoms with Crippen LogP contribution in [0.25, 0.3) is 0 Å². The Morgan fingerprint density at radius 2 is 1.52 bits per heavy atom. The Kier molecular flexibility index (Phi) is 6.80. The van der Waals surface area contributed by atoms with Crippen molar-refractivity contribution in [1.82, 2.24) is 4.90 Å². The van der Waals surface area contributed by atoms with Crippen LogP contribution >= 0.6 is 0 Å². The molecule has 2 heteroatoms. The van der Waals surface area contributed by atoms with Gasteiger partial charge in [0.25, 0.3) is 0 Å². The molecule has 5 fully saturated rings. The lowest BCUT2D eigenvalue weighted by molar-refractivity contribution is -0.127. The van der Waals surface area contributed by atoms with E-state index in [2.05, 4.69) is 18.7 Å². The van der Waals surface area contributed by atoms with E-state index >= 15 is 0 Å². The van der Waals surface area contributed by atoms with Gasteiger partial charge in [-0.2, -0.15) is 0 Å². The van der Waals surface area contributed by atoms with Crippen LogP contribution in [0.4, 0.5) is 0 Å². The fourth-order valence-electron chi connectivity index (χ4n) is 9.71. The first-order chi connectivity index (χ1) is 15.0. The van der Waals surface area contributed by atoms with Gasteiger partial charge in [0.2, 0.25) is 0 Å². The van der Waals surface area contributed by atoms with Crippen LogP contribution in [-0.2, 0) is 0 Å². The predicted octanol–water partition coefficient (Wildman–Crippen LogP) is 7.05. The Morgan fingerprint density at radius 1 is 0.774 bits per heavy atom. The van der Waals surface area contributed by atoms with Crippen molar-refractivity contribution in [2.24, 2.45) is 40.4 Å². The van der Waals surface area contributed by atoms with Gasteiger partial charge >= 0.3 is 0 Å². The van der Waals surface area contributed by atoms with Gasteiger partial charge in [0, 0.05) is 0 Å². The number of aliphatic hydroxyl groups is 1. The third-order valence-electron chi connectivity index (χ3n) is 11.8. The highest BCUT2D eigenvalue weighted by atomic mass is 16.3. The van der Waals surface area contributed by atoms with Gasteiger partial charge in [-0.25, -0.2) is 0 Å². The quantitative estimate of drug-likeness (QED) is 0.438. The molecule has 0 aromatic rings. The van der Waals surface area contributed by atoms with Crippen LogP contribution < -0.4 is 0 Å². The zero-order chi connectivity index (χ0) is 21.5.